The van der Waals surface area contributed by atoms with Gasteiger partial charge in [0.25, 0.3) is 0 Å². The Kier molecular flexibility index (Phi) is 5.59. The standard InChI is InChI=1S/C13H17F4N/c1-10(18-7-3-6-13(15,16)17)8-11-4-2-5-12(14)9-11/h2,4-5,9-10,18H,3,6-8H2,1H3. The normalized spacial score (nSPS) is 13.6. The molecule has 102 valence electrons. The monoisotopic (exact) mass is 263 g/mol. The van der Waals surface area contributed by atoms with Gasteiger partial charge in [-0.05, 0) is 44.0 Å². The van der Waals surface area contributed by atoms with Crippen LogP contribution in [0.25, 0.3) is 0 Å². The van der Waals surface area contributed by atoms with Gasteiger partial charge in [-0.3, -0.25) is 0 Å². The van der Waals surface area contributed by atoms with Gasteiger partial charge in [-0.15, -0.1) is 0 Å². The number of rotatable bonds is 6. The van der Waals surface area contributed by atoms with Gasteiger partial charge in [0.15, 0.2) is 0 Å². The van der Waals surface area contributed by atoms with Crippen LogP contribution in [-0.2, 0) is 6.42 Å². The molecule has 0 saturated heterocycles. The summed E-state index contributed by atoms with van der Waals surface area (Å²) in [5, 5.41) is 3.00. The van der Waals surface area contributed by atoms with Crippen LogP contribution in [0.15, 0.2) is 24.3 Å². The molecule has 0 spiro atoms. The van der Waals surface area contributed by atoms with Gasteiger partial charge in [0, 0.05) is 12.5 Å². The maximum atomic E-state index is 12.9. The molecule has 1 N–H and O–H groups in total. The second-order valence-electron chi connectivity index (χ2n) is 4.41. The van der Waals surface area contributed by atoms with E-state index in [9.17, 15) is 17.6 Å². The van der Waals surface area contributed by atoms with Crippen molar-refractivity contribution in [3.8, 4) is 0 Å². The zero-order valence-electron chi connectivity index (χ0n) is 10.2. The highest BCUT2D eigenvalue weighted by molar-refractivity contribution is 5.17. The van der Waals surface area contributed by atoms with Crippen LogP contribution >= 0.6 is 0 Å². The zero-order valence-corrected chi connectivity index (χ0v) is 10.2. The fourth-order valence-electron chi connectivity index (χ4n) is 1.73. The van der Waals surface area contributed by atoms with Crippen molar-refractivity contribution in [2.75, 3.05) is 6.54 Å². The van der Waals surface area contributed by atoms with Gasteiger partial charge < -0.3 is 5.32 Å². The first-order valence-electron chi connectivity index (χ1n) is 5.91. The zero-order chi connectivity index (χ0) is 13.6. The molecule has 0 saturated carbocycles. The lowest BCUT2D eigenvalue weighted by atomic mass is 10.1. The lowest BCUT2D eigenvalue weighted by Gasteiger charge is -2.14. The summed E-state index contributed by atoms with van der Waals surface area (Å²) in [5.41, 5.74) is 0.839. The third-order valence-electron chi connectivity index (χ3n) is 2.56. The first-order chi connectivity index (χ1) is 8.37. The molecular weight excluding hydrogens is 246 g/mol. The molecule has 1 rings (SSSR count). The van der Waals surface area contributed by atoms with Gasteiger partial charge in [0.05, 0.1) is 0 Å². The van der Waals surface area contributed by atoms with E-state index in [4.69, 9.17) is 0 Å². The van der Waals surface area contributed by atoms with E-state index in [2.05, 4.69) is 5.32 Å². The molecular formula is C13H17F4N. The largest absolute Gasteiger partial charge is 0.389 e. The van der Waals surface area contributed by atoms with Gasteiger partial charge in [-0.25, -0.2) is 4.39 Å². The minimum absolute atomic E-state index is 0.0278. The lowest BCUT2D eigenvalue weighted by Crippen LogP contribution is -2.29. The maximum Gasteiger partial charge on any atom is 0.389 e. The summed E-state index contributed by atoms with van der Waals surface area (Å²) in [6.45, 7) is 2.19. The van der Waals surface area contributed by atoms with Crippen LogP contribution in [-0.4, -0.2) is 18.8 Å². The summed E-state index contributed by atoms with van der Waals surface area (Å²) in [5.74, 6) is -0.295. The molecule has 0 radical (unpaired) electrons. The highest BCUT2D eigenvalue weighted by Gasteiger charge is 2.25. The number of halogens is 4. The van der Waals surface area contributed by atoms with E-state index in [-0.39, 0.29) is 18.3 Å². The fraction of sp³-hybridized carbons (Fsp3) is 0.538. The SMILES string of the molecule is CC(Cc1cccc(F)c1)NCCCC(F)(F)F. The van der Waals surface area contributed by atoms with E-state index in [0.29, 0.717) is 13.0 Å². The Morgan fingerprint density at radius 2 is 2.00 bits per heavy atom. The first kappa shape index (κ1) is 15.0. The predicted molar refractivity (Wildman–Crippen MR) is 62.9 cm³/mol. The Labute approximate surface area is 104 Å². The third-order valence-corrected chi connectivity index (χ3v) is 2.56. The molecule has 0 bridgehead atoms. The first-order valence-corrected chi connectivity index (χ1v) is 5.91. The van der Waals surface area contributed by atoms with Crippen molar-refractivity contribution in [2.24, 2.45) is 0 Å². The van der Waals surface area contributed by atoms with Gasteiger partial charge in [-0.1, -0.05) is 12.1 Å². The Balaban J connectivity index is 2.24. The Bertz CT molecular complexity index is 362. The highest BCUT2D eigenvalue weighted by atomic mass is 19.4. The molecule has 0 fully saturated rings. The molecule has 0 aromatic heterocycles. The van der Waals surface area contributed by atoms with E-state index in [0.717, 1.165) is 5.56 Å². The van der Waals surface area contributed by atoms with Crippen LogP contribution in [0.2, 0.25) is 0 Å². The molecule has 0 heterocycles. The van der Waals surface area contributed by atoms with Crippen molar-refractivity contribution in [2.45, 2.75) is 38.4 Å². The van der Waals surface area contributed by atoms with Crippen molar-refractivity contribution < 1.29 is 17.6 Å². The van der Waals surface area contributed by atoms with Crippen molar-refractivity contribution >= 4 is 0 Å². The molecule has 18 heavy (non-hydrogen) atoms. The molecule has 5 heteroatoms. The molecule has 1 aromatic carbocycles. The van der Waals surface area contributed by atoms with Crippen LogP contribution in [0.1, 0.15) is 25.3 Å². The third kappa shape index (κ3) is 6.59. The molecule has 0 aliphatic rings. The second-order valence-corrected chi connectivity index (χ2v) is 4.41. The molecule has 1 nitrogen and oxygen atoms in total. The summed E-state index contributed by atoms with van der Waals surface area (Å²) in [4.78, 5) is 0. The number of nitrogens with one attached hydrogen (secondary N) is 1. The van der Waals surface area contributed by atoms with E-state index >= 15 is 0 Å². The van der Waals surface area contributed by atoms with Crippen molar-refractivity contribution in [1.82, 2.24) is 5.32 Å². The van der Waals surface area contributed by atoms with E-state index in [1.54, 1.807) is 12.1 Å². The quantitative estimate of drug-likeness (QED) is 0.609. The van der Waals surface area contributed by atoms with Crippen LogP contribution in [0.4, 0.5) is 17.6 Å². The number of benzene rings is 1. The highest BCUT2D eigenvalue weighted by Crippen LogP contribution is 2.20. The van der Waals surface area contributed by atoms with Crippen molar-refractivity contribution in [3.63, 3.8) is 0 Å². The van der Waals surface area contributed by atoms with Crippen LogP contribution in [0.5, 0.6) is 0 Å². The molecule has 0 amide bonds. The van der Waals surface area contributed by atoms with Crippen molar-refractivity contribution in [3.05, 3.63) is 35.6 Å². The molecule has 0 aliphatic heterocycles. The average molecular weight is 263 g/mol. The molecule has 0 aliphatic carbocycles. The van der Waals surface area contributed by atoms with Crippen LogP contribution < -0.4 is 5.32 Å². The molecule has 1 aromatic rings. The average Bonchev–Trinajstić information content (AvgIpc) is 2.23. The summed E-state index contributed by atoms with van der Waals surface area (Å²) >= 11 is 0. The Morgan fingerprint density at radius 3 is 2.61 bits per heavy atom. The summed E-state index contributed by atoms with van der Waals surface area (Å²) in [7, 11) is 0. The smallest absolute Gasteiger partial charge is 0.314 e. The molecule has 1 unspecified atom stereocenters. The second kappa shape index (κ2) is 6.73. The fourth-order valence-corrected chi connectivity index (χ4v) is 1.73. The van der Waals surface area contributed by atoms with E-state index in [1.807, 2.05) is 6.92 Å². The Morgan fingerprint density at radius 1 is 1.28 bits per heavy atom. The summed E-state index contributed by atoms with van der Waals surface area (Å²) in [6.07, 6.45) is -4.19. The Hall–Kier alpha value is -1.10. The van der Waals surface area contributed by atoms with Gasteiger partial charge >= 0.3 is 6.18 Å². The minimum atomic E-state index is -4.09. The predicted octanol–water partition coefficient (Wildman–Crippen LogP) is 3.69. The van der Waals surface area contributed by atoms with E-state index in [1.165, 1.54) is 12.1 Å². The summed E-state index contributed by atoms with van der Waals surface area (Å²) < 4.78 is 48.6. The number of hydrogen-bond acceptors (Lipinski definition) is 1. The van der Waals surface area contributed by atoms with E-state index < -0.39 is 12.6 Å². The topological polar surface area (TPSA) is 12.0 Å². The van der Waals surface area contributed by atoms with Gasteiger partial charge in [-0.2, -0.15) is 13.2 Å². The molecule has 1 atom stereocenters. The minimum Gasteiger partial charge on any atom is -0.314 e. The van der Waals surface area contributed by atoms with Gasteiger partial charge in [0.2, 0.25) is 0 Å². The summed E-state index contributed by atoms with van der Waals surface area (Å²) in [6, 6.07) is 6.26. The number of alkyl halides is 3. The van der Waals surface area contributed by atoms with Crippen LogP contribution in [0, 0.1) is 5.82 Å². The van der Waals surface area contributed by atoms with Gasteiger partial charge in [0.1, 0.15) is 5.82 Å². The lowest BCUT2D eigenvalue weighted by molar-refractivity contribution is -0.135. The maximum absolute atomic E-state index is 12.9. The van der Waals surface area contributed by atoms with Crippen molar-refractivity contribution in [1.29, 1.82) is 0 Å². The van der Waals surface area contributed by atoms with Crippen LogP contribution in [0.3, 0.4) is 0 Å². The number of hydrogen-bond donors (Lipinski definition) is 1.